The van der Waals surface area contributed by atoms with E-state index in [2.05, 4.69) is 36.2 Å². The Hall–Kier alpha value is 0.443. The van der Waals surface area contributed by atoms with Crippen LogP contribution in [0.25, 0.3) is 10.9 Å². The van der Waals surface area contributed by atoms with E-state index in [1.54, 1.807) is 0 Å². The van der Waals surface area contributed by atoms with Crippen LogP contribution in [0.3, 0.4) is 0 Å². The van der Waals surface area contributed by atoms with Gasteiger partial charge in [0.25, 0.3) is 0 Å². The molecule has 15 heavy (non-hydrogen) atoms. The zero-order valence-corrected chi connectivity index (χ0v) is 13.0. The molecule has 2 rings (SSSR count). The van der Waals surface area contributed by atoms with Crippen molar-refractivity contribution < 1.29 is 61.9 Å². The molecule has 0 aliphatic heterocycles. The SMILES string of the molecule is Cc1cc(C)c2[nH]n[c]([Zr+3])c2c1.[Cl-].[Cl-].[Cl-]. The van der Waals surface area contributed by atoms with Gasteiger partial charge < -0.3 is 37.2 Å². The van der Waals surface area contributed by atoms with Gasteiger partial charge in [0.1, 0.15) is 0 Å². The van der Waals surface area contributed by atoms with Crippen LogP contribution in [0.4, 0.5) is 0 Å². The predicted octanol–water partition coefficient (Wildman–Crippen LogP) is -7.64. The van der Waals surface area contributed by atoms with Crippen LogP contribution < -0.4 is 40.6 Å². The fourth-order valence-electron chi connectivity index (χ4n) is 1.47. The van der Waals surface area contributed by atoms with Gasteiger partial charge in [-0.2, -0.15) is 0 Å². The maximum absolute atomic E-state index is 4.21. The minimum absolute atomic E-state index is 0. The number of nitrogens with zero attached hydrogens (tertiary/aromatic N) is 1. The monoisotopic (exact) mass is 340 g/mol. The van der Waals surface area contributed by atoms with Gasteiger partial charge in [-0.25, -0.2) is 0 Å². The normalized spacial score (nSPS) is 8.80. The van der Waals surface area contributed by atoms with Gasteiger partial charge in [-0.05, 0) is 0 Å². The molecule has 0 spiro atoms. The molecule has 80 valence electrons. The molecule has 2 nitrogen and oxygen atoms in total. The van der Waals surface area contributed by atoms with E-state index in [-0.39, 0.29) is 37.2 Å². The van der Waals surface area contributed by atoms with E-state index in [1.807, 2.05) is 0 Å². The Bertz CT molecular complexity index is 442. The van der Waals surface area contributed by atoms with Crippen molar-refractivity contribution in [2.45, 2.75) is 13.8 Å². The van der Waals surface area contributed by atoms with E-state index >= 15 is 0 Å². The van der Waals surface area contributed by atoms with Crippen LogP contribution in [-0.4, -0.2) is 10.2 Å². The van der Waals surface area contributed by atoms with Gasteiger partial charge >= 0.3 is 86.3 Å². The van der Waals surface area contributed by atoms with Gasteiger partial charge in [0.2, 0.25) is 0 Å². The second kappa shape index (κ2) is 6.90. The quantitative estimate of drug-likeness (QED) is 0.506. The maximum Gasteiger partial charge on any atom is -1.00 e. The van der Waals surface area contributed by atoms with Gasteiger partial charge in [-0.3, -0.25) is 0 Å². The Morgan fingerprint density at radius 2 is 1.73 bits per heavy atom. The van der Waals surface area contributed by atoms with Crippen molar-refractivity contribution in [1.29, 1.82) is 0 Å². The minimum atomic E-state index is 0. The van der Waals surface area contributed by atoms with Crippen molar-refractivity contribution in [3.63, 3.8) is 0 Å². The summed E-state index contributed by atoms with van der Waals surface area (Å²) in [6.45, 7) is 4.23. The number of benzene rings is 1. The average molecular weight is 343 g/mol. The largest absolute Gasteiger partial charge is 1.00 e. The number of H-pyrrole nitrogens is 1. The third kappa shape index (κ3) is 3.45. The Labute approximate surface area is 123 Å². The summed E-state index contributed by atoms with van der Waals surface area (Å²) in [7, 11) is 0. The van der Waals surface area contributed by atoms with Gasteiger partial charge in [-0.1, -0.05) is 0 Å². The summed E-state index contributed by atoms with van der Waals surface area (Å²) in [4.78, 5) is 0. The molecule has 1 aromatic heterocycles. The second-order valence-electron chi connectivity index (χ2n) is 3.08. The van der Waals surface area contributed by atoms with E-state index in [4.69, 9.17) is 0 Å². The fraction of sp³-hybridized carbons (Fsp3) is 0.222. The first kappa shape index (κ1) is 17.8. The van der Waals surface area contributed by atoms with Crippen molar-refractivity contribution in [1.82, 2.24) is 10.2 Å². The van der Waals surface area contributed by atoms with Crippen LogP contribution in [0.2, 0.25) is 0 Å². The second-order valence-corrected chi connectivity index (χ2v) is 4.24. The van der Waals surface area contributed by atoms with Gasteiger partial charge in [0.05, 0.1) is 0 Å². The summed E-state index contributed by atoms with van der Waals surface area (Å²) in [5.41, 5.74) is 3.78. The van der Waals surface area contributed by atoms with Crippen molar-refractivity contribution in [3.8, 4) is 0 Å². The molecule has 2 aromatic rings. The molecule has 0 bridgehead atoms. The summed E-state index contributed by atoms with van der Waals surface area (Å²) < 4.78 is 1.17. The van der Waals surface area contributed by atoms with Crippen LogP contribution in [-0.2, 0) is 24.7 Å². The van der Waals surface area contributed by atoms with Gasteiger partial charge in [-0.15, -0.1) is 0 Å². The molecular formula is C9H9Cl3N2Zr. The van der Waals surface area contributed by atoms with Gasteiger partial charge in [0, 0.05) is 0 Å². The van der Waals surface area contributed by atoms with Crippen LogP contribution in [0.15, 0.2) is 12.1 Å². The number of nitrogens with one attached hydrogen (secondary N) is 1. The molecule has 1 N–H and O–H groups in total. The molecule has 0 fully saturated rings. The molecule has 0 amide bonds. The molecule has 1 heterocycles. The number of halogens is 3. The van der Waals surface area contributed by atoms with Crippen LogP contribution in [0, 0.1) is 13.8 Å². The Morgan fingerprint density at radius 1 is 1.13 bits per heavy atom. The molecule has 0 aliphatic carbocycles. The molecule has 0 unspecified atom stereocenters. The third-order valence-electron chi connectivity index (χ3n) is 2.01. The number of aromatic nitrogens is 2. The fourth-order valence-corrected chi connectivity index (χ4v) is 2.10. The summed E-state index contributed by atoms with van der Waals surface area (Å²) in [6.07, 6.45) is 0. The standard InChI is InChI=1S/C9H9N2.3ClH.Zr/c1-6-3-7(2)9-8(4-6)5-10-11-9;;;;/h3-4H,1-2H3,(H,10,11);3*1H;/q;;;;+3/p-3. The van der Waals surface area contributed by atoms with Crippen LogP contribution in [0.5, 0.6) is 0 Å². The Balaban J connectivity index is 0. The number of rotatable bonds is 0. The molecule has 0 saturated heterocycles. The zero-order chi connectivity index (χ0) is 8.72. The Kier molecular flexibility index (Phi) is 8.21. The molecule has 0 radical (unpaired) electrons. The smallest absolute Gasteiger partial charge is 1.00 e. The Morgan fingerprint density at radius 3 is 2.33 bits per heavy atom. The van der Waals surface area contributed by atoms with Crippen LogP contribution >= 0.6 is 0 Å². The summed E-state index contributed by atoms with van der Waals surface area (Å²) in [6, 6.07) is 4.37. The summed E-state index contributed by atoms with van der Waals surface area (Å²) in [5, 5.41) is 8.55. The average Bonchev–Trinajstić information content (AvgIpc) is 2.33. The molecule has 1 aromatic carbocycles. The van der Waals surface area contributed by atoms with Crippen molar-refractivity contribution in [2.24, 2.45) is 0 Å². The molecule has 0 aliphatic rings. The maximum atomic E-state index is 4.21. The molecular weight excluding hydrogens is 334 g/mol. The summed E-state index contributed by atoms with van der Waals surface area (Å²) in [5.74, 6) is 0. The molecule has 0 atom stereocenters. The van der Waals surface area contributed by atoms with E-state index < -0.39 is 0 Å². The van der Waals surface area contributed by atoms with Crippen molar-refractivity contribution >= 4 is 14.3 Å². The predicted molar refractivity (Wildman–Crippen MR) is 45.2 cm³/mol. The number of hydrogen-bond donors (Lipinski definition) is 1. The van der Waals surface area contributed by atoms with E-state index in [9.17, 15) is 0 Å². The third-order valence-corrected chi connectivity index (χ3v) is 2.95. The van der Waals surface area contributed by atoms with E-state index in [0.29, 0.717) is 0 Å². The summed E-state index contributed by atoms with van der Waals surface area (Å²) >= 11 is 1.37. The molecule has 0 saturated carbocycles. The first-order valence-electron chi connectivity index (χ1n) is 3.85. The molecule has 6 heteroatoms. The number of hydrogen-bond acceptors (Lipinski definition) is 1. The van der Waals surface area contributed by atoms with Crippen molar-refractivity contribution in [2.75, 3.05) is 0 Å². The topological polar surface area (TPSA) is 28.7 Å². The van der Waals surface area contributed by atoms with Crippen molar-refractivity contribution in [3.05, 3.63) is 23.3 Å². The minimum Gasteiger partial charge on any atom is -1.00 e. The van der Waals surface area contributed by atoms with E-state index in [1.165, 1.54) is 50.2 Å². The first-order chi connectivity index (χ1) is 5.68. The number of aryl methyl sites for hydroxylation is 2. The van der Waals surface area contributed by atoms with E-state index in [0.717, 1.165) is 0 Å². The first-order valence-corrected chi connectivity index (χ1v) is 5.08. The number of aromatic amines is 1. The van der Waals surface area contributed by atoms with Crippen LogP contribution in [0.1, 0.15) is 11.1 Å². The van der Waals surface area contributed by atoms with Gasteiger partial charge in [0.15, 0.2) is 0 Å². The zero-order valence-electron chi connectivity index (χ0n) is 8.24. The number of fused-ring (bicyclic) bond motifs is 1.